The molecule has 3 rings (SSSR count). The number of amides is 2. The highest BCUT2D eigenvalue weighted by atomic mass is 35.5. The van der Waals surface area contributed by atoms with E-state index in [0.29, 0.717) is 27.4 Å². The van der Waals surface area contributed by atoms with Crippen molar-refractivity contribution in [3.05, 3.63) is 29.0 Å². The summed E-state index contributed by atoms with van der Waals surface area (Å²) >= 11 is 6.10. The van der Waals surface area contributed by atoms with E-state index in [0.717, 1.165) is 25.7 Å². The molecule has 1 saturated carbocycles. The minimum atomic E-state index is -0.706. The fraction of sp³-hybridized carbons (Fsp3) is 0.542. The summed E-state index contributed by atoms with van der Waals surface area (Å²) in [6.45, 7) is 8.42. The van der Waals surface area contributed by atoms with Gasteiger partial charge in [-0.1, -0.05) is 11.6 Å². The molecule has 0 saturated heterocycles. The second-order valence-electron chi connectivity index (χ2n) is 9.67. The van der Waals surface area contributed by atoms with E-state index in [1.807, 2.05) is 0 Å². The smallest absolute Gasteiger partial charge is 0.408 e. The van der Waals surface area contributed by atoms with Crippen LogP contribution >= 0.6 is 11.6 Å². The normalized spacial score (nSPS) is 19.2. The van der Waals surface area contributed by atoms with Crippen molar-refractivity contribution in [1.29, 1.82) is 0 Å². The Hall–Kier alpha value is -2.94. The van der Waals surface area contributed by atoms with Gasteiger partial charge in [-0.15, -0.1) is 0 Å². The SMILES string of the molecule is CC(=O)c1cnc2ccc(Cl)nc2c1NC1CCC(NC(=O)C(C)NC(=O)OC(C)(C)C)CC1. The monoisotopic (exact) mass is 489 g/mol. The van der Waals surface area contributed by atoms with Crippen LogP contribution in [0.2, 0.25) is 5.15 Å². The predicted molar refractivity (Wildman–Crippen MR) is 131 cm³/mol. The third kappa shape index (κ3) is 6.79. The van der Waals surface area contributed by atoms with Crippen LogP contribution in [-0.2, 0) is 9.53 Å². The van der Waals surface area contributed by atoms with Gasteiger partial charge in [0.05, 0.1) is 16.8 Å². The molecule has 9 nitrogen and oxygen atoms in total. The molecule has 1 unspecified atom stereocenters. The van der Waals surface area contributed by atoms with Gasteiger partial charge < -0.3 is 20.7 Å². The van der Waals surface area contributed by atoms with Gasteiger partial charge in [0.15, 0.2) is 5.78 Å². The van der Waals surface area contributed by atoms with Gasteiger partial charge in [-0.05, 0) is 72.4 Å². The fourth-order valence-corrected chi connectivity index (χ4v) is 4.07. The third-order valence-corrected chi connectivity index (χ3v) is 5.82. The first-order valence-corrected chi connectivity index (χ1v) is 11.8. The first-order valence-electron chi connectivity index (χ1n) is 11.5. The highest BCUT2D eigenvalue weighted by Gasteiger charge is 2.27. The van der Waals surface area contributed by atoms with E-state index in [1.54, 1.807) is 46.0 Å². The van der Waals surface area contributed by atoms with E-state index >= 15 is 0 Å². The number of halogens is 1. The zero-order valence-corrected chi connectivity index (χ0v) is 21.0. The highest BCUT2D eigenvalue weighted by Crippen LogP contribution is 2.30. The number of anilines is 1. The van der Waals surface area contributed by atoms with Crippen molar-refractivity contribution in [2.75, 3.05) is 5.32 Å². The minimum Gasteiger partial charge on any atom is -0.444 e. The van der Waals surface area contributed by atoms with Gasteiger partial charge in [0.2, 0.25) is 5.91 Å². The summed E-state index contributed by atoms with van der Waals surface area (Å²) in [5.74, 6) is -0.355. The van der Waals surface area contributed by atoms with Gasteiger partial charge >= 0.3 is 6.09 Å². The van der Waals surface area contributed by atoms with Crippen molar-refractivity contribution in [2.45, 2.75) is 84.0 Å². The molecule has 2 aromatic rings. The Bertz CT molecular complexity index is 1080. The van der Waals surface area contributed by atoms with Gasteiger partial charge in [-0.3, -0.25) is 14.6 Å². The van der Waals surface area contributed by atoms with Crippen LogP contribution in [0.1, 0.15) is 70.7 Å². The van der Waals surface area contributed by atoms with Crippen molar-refractivity contribution in [1.82, 2.24) is 20.6 Å². The second kappa shape index (κ2) is 10.5. The quantitative estimate of drug-likeness (QED) is 0.409. The van der Waals surface area contributed by atoms with Gasteiger partial charge in [-0.25, -0.2) is 9.78 Å². The summed E-state index contributed by atoms with van der Waals surface area (Å²) in [5, 5.41) is 9.38. The molecule has 0 bridgehead atoms. The van der Waals surface area contributed by atoms with Crippen molar-refractivity contribution in [3.8, 4) is 0 Å². The first-order chi connectivity index (χ1) is 15.9. The number of alkyl carbamates (subject to hydrolysis) is 1. The minimum absolute atomic E-state index is 0.00228. The van der Waals surface area contributed by atoms with E-state index < -0.39 is 17.7 Å². The Morgan fingerprint density at radius 2 is 1.76 bits per heavy atom. The summed E-state index contributed by atoms with van der Waals surface area (Å²) < 4.78 is 5.20. The Morgan fingerprint density at radius 1 is 1.12 bits per heavy atom. The number of pyridine rings is 2. The number of rotatable bonds is 6. The van der Waals surface area contributed by atoms with Gasteiger partial charge in [0.1, 0.15) is 22.3 Å². The third-order valence-electron chi connectivity index (χ3n) is 5.61. The molecule has 184 valence electrons. The Labute approximate surface area is 204 Å². The lowest BCUT2D eigenvalue weighted by Crippen LogP contribution is -2.50. The molecule has 2 amide bonds. The molecule has 2 heterocycles. The molecule has 3 N–H and O–H groups in total. The van der Waals surface area contributed by atoms with Gasteiger partial charge in [0, 0.05) is 18.3 Å². The lowest BCUT2D eigenvalue weighted by Gasteiger charge is -2.31. The maximum Gasteiger partial charge on any atom is 0.408 e. The van der Waals surface area contributed by atoms with Crippen LogP contribution in [0.5, 0.6) is 0 Å². The first kappa shape index (κ1) is 25.7. The van der Waals surface area contributed by atoms with Crippen LogP contribution in [-0.4, -0.2) is 51.5 Å². The molecule has 1 fully saturated rings. The van der Waals surface area contributed by atoms with Crippen LogP contribution in [0.3, 0.4) is 0 Å². The summed E-state index contributed by atoms with van der Waals surface area (Å²) in [5.41, 5.74) is 1.71. The van der Waals surface area contributed by atoms with Crippen LogP contribution < -0.4 is 16.0 Å². The lowest BCUT2D eigenvalue weighted by atomic mass is 9.90. The van der Waals surface area contributed by atoms with Crippen LogP contribution in [0.4, 0.5) is 10.5 Å². The number of Topliss-reactive ketones (excluding diaryl/α,β-unsaturated/α-hetero) is 1. The number of nitrogens with one attached hydrogen (secondary N) is 3. The number of ketones is 1. The lowest BCUT2D eigenvalue weighted by molar-refractivity contribution is -0.123. The highest BCUT2D eigenvalue weighted by molar-refractivity contribution is 6.30. The zero-order valence-electron chi connectivity index (χ0n) is 20.2. The molecule has 10 heteroatoms. The molecule has 34 heavy (non-hydrogen) atoms. The number of carbonyl (C=O) groups is 3. The molecule has 2 aromatic heterocycles. The standard InChI is InChI=1S/C24H32ClN5O4/c1-13(27-23(33)34-24(3,4)5)22(32)29-16-8-6-15(7-9-16)28-20-17(14(2)31)12-26-18-10-11-19(25)30-21(18)20/h10-13,15-16H,6-9H2,1-5H3,(H,26,28)(H,27,33)(H,29,32). The maximum absolute atomic E-state index is 12.5. The number of hydrogen-bond acceptors (Lipinski definition) is 7. The molecular weight excluding hydrogens is 458 g/mol. The topological polar surface area (TPSA) is 122 Å². The molecule has 0 spiro atoms. The molecule has 1 aliphatic carbocycles. The van der Waals surface area contributed by atoms with E-state index in [9.17, 15) is 14.4 Å². The fourth-order valence-electron chi connectivity index (χ4n) is 3.92. The van der Waals surface area contributed by atoms with Crippen molar-refractivity contribution in [3.63, 3.8) is 0 Å². The van der Waals surface area contributed by atoms with Gasteiger partial charge in [-0.2, -0.15) is 0 Å². The van der Waals surface area contributed by atoms with E-state index in [1.165, 1.54) is 6.92 Å². The zero-order chi connectivity index (χ0) is 25.0. The molecule has 1 aliphatic rings. The number of nitrogens with zero attached hydrogens (tertiary/aromatic N) is 2. The Kier molecular flexibility index (Phi) is 7.97. The number of aromatic nitrogens is 2. The summed E-state index contributed by atoms with van der Waals surface area (Å²) in [6.07, 6.45) is 4.04. The van der Waals surface area contributed by atoms with Crippen molar-refractivity contribution in [2.24, 2.45) is 0 Å². The average molecular weight is 490 g/mol. The maximum atomic E-state index is 12.5. The second-order valence-corrected chi connectivity index (χ2v) is 10.1. The average Bonchev–Trinajstić information content (AvgIpc) is 2.73. The summed E-state index contributed by atoms with van der Waals surface area (Å²) in [6, 6.07) is 2.85. The van der Waals surface area contributed by atoms with Crippen LogP contribution in [0, 0.1) is 0 Å². The number of hydrogen-bond donors (Lipinski definition) is 3. The summed E-state index contributed by atoms with van der Waals surface area (Å²) in [4.78, 5) is 45.3. The molecule has 0 aromatic carbocycles. The molecule has 1 atom stereocenters. The number of fused-ring (bicyclic) bond motifs is 1. The van der Waals surface area contributed by atoms with Crippen LogP contribution in [0.15, 0.2) is 18.3 Å². The molecule has 0 radical (unpaired) electrons. The largest absolute Gasteiger partial charge is 0.444 e. The Morgan fingerprint density at radius 3 is 2.38 bits per heavy atom. The Balaban J connectivity index is 1.59. The van der Waals surface area contributed by atoms with E-state index in [2.05, 4.69) is 25.9 Å². The van der Waals surface area contributed by atoms with E-state index in [4.69, 9.17) is 16.3 Å². The predicted octanol–water partition coefficient (Wildman–Crippen LogP) is 4.24. The summed E-state index contributed by atoms with van der Waals surface area (Å²) in [7, 11) is 0. The van der Waals surface area contributed by atoms with Crippen molar-refractivity contribution >= 4 is 46.1 Å². The number of ether oxygens (including phenoxy) is 1. The van der Waals surface area contributed by atoms with Crippen LogP contribution in [0.25, 0.3) is 11.0 Å². The van der Waals surface area contributed by atoms with Crippen molar-refractivity contribution < 1.29 is 19.1 Å². The van der Waals surface area contributed by atoms with E-state index in [-0.39, 0.29) is 23.8 Å². The molecular formula is C24H32ClN5O4. The molecule has 0 aliphatic heterocycles. The number of carbonyl (C=O) groups excluding carboxylic acids is 3. The van der Waals surface area contributed by atoms with Gasteiger partial charge in [0.25, 0.3) is 0 Å².